The fraction of sp³-hybridized carbons (Fsp3) is 0.0952. The predicted molar refractivity (Wildman–Crippen MR) is 94.9 cm³/mol. The molecule has 0 aromatic heterocycles. The summed E-state index contributed by atoms with van der Waals surface area (Å²) in [6.45, 7) is 0.590. The summed E-state index contributed by atoms with van der Waals surface area (Å²) in [4.78, 5) is 11.4. The third kappa shape index (κ3) is 4.85. The van der Waals surface area contributed by atoms with E-state index in [2.05, 4.69) is 0 Å². The lowest BCUT2D eigenvalue weighted by Gasteiger charge is -2.11. The third-order valence-electron chi connectivity index (χ3n) is 3.60. The van der Waals surface area contributed by atoms with Crippen molar-refractivity contribution in [2.45, 2.75) is 13.2 Å². The van der Waals surface area contributed by atoms with Crippen molar-refractivity contribution >= 4 is 5.97 Å². The summed E-state index contributed by atoms with van der Waals surface area (Å²) in [7, 11) is 0. The van der Waals surface area contributed by atoms with Gasteiger partial charge in [0.15, 0.2) is 0 Å². The molecular formula is C21H18O4. The fourth-order valence-electron chi connectivity index (χ4n) is 2.42. The summed E-state index contributed by atoms with van der Waals surface area (Å²) < 4.78 is 11.4. The minimum absolute atomic E-state index is 0.223. The molecular weight excluding hydrogens is 316 g/mol. The van der Waals surface area contributed by atoms with E-state index >= 15 is 0 Å². The van der Waals surface area contributed by atoms with Gasteiger partial charge in [-0.1, -0.05) is 36.4 Å². The van der Waals surface area contributed by atoms with Gasteiger partial charge in [-0.2, -0.15) is 0 Å². The standard InChI is InChI=1S/C21H18O4/c22-21(23)18-12-16(14-24-19-7-3-1-4-8-19)11-17(13-18)15-25-20-9-5-2-6-10-20/h1-13H,14-15H2,(H,22,23). The van der Waals surface area contributed by atoms with Gasteiger partial charge >= 0.3 is 5.97 Å². The van der Waals surface area contributed by atoms with E-state index in [9.17, 15) is 9.90 Å². The monoisotopic (exact) mass is 334 g/mol. The van der Waals surface area contributed by atoms with Crippen molar-refractivity contribution in [1.82, 2.24) is 0 Å². The lowest BCUT2D eigenvalue weighted by molar-refractivity contribution is 0.0696. The Morgan fingerprint density at radius 2 is 1.16 bits per heavy atom. The average molecular weight is 334 g/mol. The molecule has 25 heavy (non-hydrogen) atoms. The SMILES string of the molecule is O=C(O)c1cc(COc2ccccc2)cc(COc2ccccc2)c1. The highest BCUT2D eigenvalue weighted by Gasteiger charge is 2.08. The van der Waals surface area contributed by atoms with Crippen molar-refractivity contribution in [2.24, 2.45) is 0 Å². The molecule has 0 radical (unpaired) electrons. The highest BCUT2D eigenvalue weighted by molar-refractivity contribution is 5.88. The molecule has 0 aliphatic rings. The van der Waals surface area contributed by atoms with Crippen molar-refractivity contribution in [3.8, 4) is 11.5 Å². The van der Waals surface area contributed by atoms with E-state index in [1.54, 1.807) is 12.1 Å². The van der Waals surface area contributed by atoms with Crippen LogP contribution in [0.1, 0.15) is 21.5 Å². The Morgan fingerprint density at radius 3 is 1.56 bits per heavy atom. The lowest BCUT2D eigenvalue weighted by Crippen LogP contribution is -2.04. The number of carboxylic acid groups (broad SMARTS) is 1. The van der Waals surface area contributed by atoms with Gasteiger partial charge in [0.2, 0.25) is 0 Å². The normalized spacial score (nSPS) is 10.2. The van der Waals surface area contributed by atoms with E-state index in [0.29, 0.717) is 13.2 Å². The van der Waals surface area contributed by atoms with Gasteiger partial charge < -0.3 is 14.6 Å². The van der Waals surface area contributed by atoms with Gasteiger partial charge in [0, 0.05) is 0 Å². The summed E-state index contributed by atoms with van der Waals surface area (Å²) >= 11 is 0. The smallest absolute Gasteiger partial charge is 0.335 e. The molecule has 3 rings (SSSR count). The molecule has 0 aliphatic heterocycles. The van der Waals surface area contributed by atoms with E-state index in [-0.39, 0.29) is 5.56 Å². The van der Waals surface area contributed by atoms with Crippen LogP contribution in [0.15, 0.2) is 78.9 Å². The molecule has 4 nitrogen and oxygen atoms in total. The Labute approximate surface area is 146 Å². The van der Waals surface area contributed by atoms with Crippen LogP contribution in [0, 0.1) is 0 Å². The van der Waals surface area contributed by atoms with Crippen LogP contribution in [0.3, 0.4) is 0 Å². The molecule has 0 atom stereocenters. The molecule has 1 N–H and O–H groups in total. The summed E-state index contributed by atoms with van der Waals surface area (Å²) in [5, 5.41) is 9.32. The molecule has 3 aromatic carbocycles. The molecule has 0 heterocycles. The highest BCUT2D eigenvalue weighted by atomic mass is 16.5. The van der Waals surface area contributed by atoms with E-state index in [1.807, 2.05) is 66.7 Å². The molecule has 3 aromatic rings. The van der Waals surface area contributed by atoms with Crippen LogP contribution in [0.4, 0.5) is 0 Å². The molecule has 0 bridgehead atoms. The molecule has 0 fully saturated rings. The van der Waals surface area contributed by atoms with Crippen LogP contribution >= 0.6 is 0 Å². The maximum atomic E-state index is 11.4. The highest BCUT2D eigenvalue weighted by Crippen LogP contribution is 2.17. The van der Waals surface area contributed by atoms with Gasteiger partial charge in [0.1, 0.15) is 24.7 Å². The van der Waals surface area contributed by atoms with Crippen LogP contribution < -0.4 is 9.47 Å². The number of para-hydroxylation sites is 2. The summed E-state index contributed by atoms with van der Waals surface area (Å²) in [5.41, 5.74) is 1.80. The van der Waals surface area contributed by atoms with E-state index in [0.717, 1.165) is 22.6 Å². The van der Waals surface area contributed by atoms with Crippen molar-refractivity contribution in [1.29, 1.82) is 0 Å². The van der Waals surface area contributed by atoms with Crippen molar-refractivity contribution in [3.05, 3.63) is 95.6 Å². The van der Waals surface area contributed by atoms with E-state index in [4.69, 9.17) is 9.47 Å². The van der Waals surface area contributed by atoms with Gasteiger partial charge in [0.05, 0.1) is 5.56 Å². The van der Waals surface area contributed by atoms with Crippen LogP contribution in [0.2, 0.25) is 0 Å². The summed E-state index contributed by atoms with van der Waals surface area (Å²) in [6, 6.07) is 24.0. The van der Waals surface area contributed by atoms with Gasteiger partial charge in [0.25, 0.3) is 0 Å². The first kappa shape index (κ1) is 16.6. The number of carbonyl (C=O) groups is 1. The first-order valence-electron chi connectivity index (χ1n) is 7.92. The van der Waals surface area contributed by atoms with Gasteiger partial charge in [-0.3, -0.25) is 0 Å². The number of rotatable bonds is 7. The van der Waals surface area contributed by atoms with Crippen molar-refractivity contribution in [3.63, 3.8) is 0 Å². The van der Waals surface area contributed by atoms with Gasteiger partial charge in [-0.25, -0.2) is 4.79 Å². The average Bonchev–Trinajstić information content (AvgIpc) is 2.66. The summed E-state index contributed by atoms with van der Waals surface area (Å²) in [5.74, 6) is 0.512. The number of aromatic carboxylic acids is 1. The number of carboxylic acids is 1. The van der Waals surface area contributed by atoms with Gasteiger partial charge in [-0.05, 0) is 53.6 Å². The maximum absolute atomic E-state index is 11.4. The molecule has 0 amide bonds. The summed E-state index contributed by atoms with van der Waals surface area (Å²) in [6.07, 6.45) is 0. The fourth-order valence-corrected chi connectivity index (χ4v) is 2.42. The number of benzene rings is 3. The third-order valence-corrected chi connectivity index (χ3v) is 3.60. The number of ether oxygens (including phenoxy) is 2. The van der Waals surface area contributed by atoms with Crippen LogP contribution in [0.5, 0.6) is 11.5 Å². The van der Waals surface area contributed by atoms with Crippen LogP contribution in [-0.4, -0.2) is 11.1 Å². The quantitative estimate of drug-likeness (QED) is 0.689. The molecule has 0 aliphatic carbocycles. The Balaban J connectivity index is 1.73. The first-order chi connectivity index (χ1) is 12.2. The molecule has 126 valence electrons. The molecule has 0 unspecified atom stereocenters. The zero-order chi connectivity index (χ0) is 17.5. The Morgan fingerprint density at radius 1 is 0.720 bits per heavy atom. The second-order valence-corrected chi connectivity index (χ2v) is 5.55. The maximum Gasteiger partial charge on any atom is 0.335 e. The predicted octanol–water partition coefficient (Wildman–Crippen LogP) is 4.54. The lowest BCUT2D eigenvalue weighted by atomic mass is 10.1. The first-order valence-corrected chi connectivity index (χ1v) is 7.92. The Hall–Kier alpha value is -3.27. The second-order valence-electron chi connectivity index (χ2n) is 5.55. The topological polar surface area (TPSA) is 55.8 Å². The minimum atomic E-state index is -0.970. The number of hydrogen-bond acceptors (Lipinski definition) is 3. The zero-order valence-corrected chi connectivity index (χ0v) is 13.6. The van der Waals surface area contributed by atoms with Crippen molar-refractivity contribution < 1.29 is 19.4 Å². The minimum Gasteiger partial charge on any atom is -0.489 e. The van der Waals surface area contributed by atoms with Gasteiger partial charge in [-0.15, -0.1) is 0 Å². The molecule has 4 heteroatoms. The van der Waals surface area contributed by atoms with E-state index in [1.165, 1.54) is 0 Å². The molecule has 0 saturated carbocycles. The van der Waals surface area contributed by atoms with E-state index < -0.39 is 5.97 Å². The second kappa shape index (κ2) is 8.02. The number of hydrogen-bond donors (Lipinski definition) is 1. The van der Waals surface area contributed by atoms with Crippen LogP contribution in [-0.2, 0) is 13.2 Å². The van der Waals surface area contributed by atoms with Crippen molar-refractivity contribution in [2.75, 3.05) is 0 Å². The molecule has 0 saturated heterocycles. The Bertz CT molecular complexity index is 767. The zero-order valence-electron chi connectivity index (χ0n) is 13.6. The Kier molecular flexibility index (Phi) is 5.32. The molecule has 0 spiro atoms. The van der Waals surface area contributed by atoms with Crippen LogP contribution in [0.25, 0.3) is 0 Å². The largest absolute Gasteiger partial charge is 0.489 e.